The average Bonchev–Trinajstić information content (AvgIpc) is 2.41. The molecule has 17 heavy (non-hydrogen) atoms. The number of hydrogen-bond donors (Lipinski definition) is 1. The Labute approximate surface area is 105 Å². The predicted molar refractivity (Wildman–Crippen MR) is 77.8 cm³/mol. The Bertz CT molecular complexity index is 458. The van der Waals surface area contributed by atoms with Crippen molar-refractivity contribution in [3.05, 3.63) is 41.5 Å². The topological polar surface area (TPSA) is 20.2 Å². The van der Waals surface area contributed by atoms with Gasteiger partial charge in [0.25, 0.3) is 0 Å². The fourth-order valence-electron chi connectivity index (χ4n) is 1.57. The van der Waals surface area contributed by atoms with Gasteiger partial charge in [-0.3, -0.25) is 0 Å². The third kappa shape index (κ3) is 3.48. The Morgan fingerprint density at radius 3 is 2.00 bits per heavy atom. The first kappa shape index (κ1) is 15.5. The lowest BCUT2D eigenvalue weighted by Crippen LogP contribution is -1.83. The van der Waals surface area contributed by atoms with Gasteiger partial charge >= 0.3 is 0 Å². The second-order valence-electron chi connectivity index (χ2n) is 3.39. The number of rotatable bonds is 0. The van der Waals surface area contributed by atoms with Crippen molar-refractivity contribution in [3.8, 4) is 5.75 Å². The Hall–Kier alpha value is -1.50. The van der Waals surface area contributed by atoms with E-state index in [1.807, 2.05) is 65.8 Å². The van der Waals surface area contributed by atoms with Crippen LogP contribution in [0.15, 0.2) is 30.3 Å². The molecule has 94 valence electrons. The molecule has 1 N–H and O–H groups in total. The smallest absolute Gasteiger partial charge is 0.126 e. The summed E-state index contributed by atoms with van der Waals surface area (Å²) < 4.78 is 0. The standard InChI is InChI=1S/C12H12O.2C2H6/c1-8-7-10-5-3-4-6-11(10)12(13)9(8)2;2*1-2/h3-7,13H,1-2H3;2*1-2H3. The average molecular weight is 232 g/mol. The van der Waals surface area contributed by atoms with Crippen LogP contribution in [0.25, 0.3) is 10.8 Å². The lowest BCUT2D eigenvalue weighted by atomic mass is 10.0. The van der Waals surface area contributed by atoms with E-state index in [-0.39, 0.29) is 0 Å². The van der Waals surface area contributed by atoms with Crippen molar-refractivity contribution in [1.29, 1.82) is 0 Å². The summed E-state index contributed by atoms with van der Waals surface area (Å²) >= 11 is 0. The number of phenols is 1. The van der Waals surface area contributed by atoms with Gasteiger partial charge in [0, 0.05) is 5.39 Å². The summed E-state index contributed by atoms with van der Waals surface area (Å²) in [5.74, 6) is 0.413. The lowest BCUT2D eigenvalue weighted by molar-refractivity contribution is 0.477. The van der Waals surface area contributed by atoms with Crippen LogP contribution in [0.1, 0.15) is 38.8 Å². The van der Waals surface area contributed by atoms with Gasteiger partial charge in [-0.05, 0) is 30.4 Å². The molecule has 0 radical (unpaired) electrons. The van der Waals surface area contributed by atoms with Crippen LogP contribution in [0.2, 0.25) is 0 Å². The molecule has 0 unspecified atom stereocenters. The molecular formula is C16H24O. The molecule has 2 aromatic carbocycles. The van der Waals surface area contributed by atoms with Crippen LogP contribution >= 0.6 is 0 Å². The summed E-state index contributed by atoms with van der Waals surface area (Å²) in [6, 6.07) is 9.98. The van der Waals surface area contributed by atoms with Gasteiger partial charge in [-0.15, -0.1) is 0 Å². The van der Waals surface area contributed by atoms with Crippen LogP contribution in [0.4, 0.5) is 0 Å². The second-order valence-corrected chi connectivity index (χ2v) is 3.39. The SMILES string of the molecule is CC.CC.Cc1cc2ccccc2c(O)c1C. The maximum absolute atomic E-state index is 9.84. The molecule has 0 heterocycles. The minimum Gasteiger partial charge on any atom is -0.507 e. The van der Waals surface area contributed by atoms with E-state index in [9.17, 15) is 5.11 Å². The normalized spacial score (nSPS) is 8.82. The zero-order valence-electron chi connectivity index (χ0n) is 11.8. The number of fused-ring (bicyclic) bond motifs is 1. The minimum absolute atomic E-state index is 0.413. The van der Waals surface area contributed by atoms with Crippen LogP contribution in [0, 0.1) is 13.8 Å². The first-order valence-electron chi connectivity index (χ1n) is 6.38. The summed E-state index contributed by atoms with van der Waals surface area (Å²) in [6.07, 6.45) is 0. The maximum Gasteiger partial charge on any atom is 0.126 e. The molecule has 0 fully saturated rings. The summed E-state index contributed by atoms with van der Waals surface area (Å²) in [6.45, 7) is 12.0. The summed E-state index contributed by atoms with van der Waals surface area (Å²) in [4.78, 5) is 0. The molecule has 0 spiro atoms. The quantitative estimate of drug-likeness (QED) is 0.660. The van der Waals surface area contributed by atoms with Crippen molar-refractivity contribution in [2.24, 2.45) is 0 Å². The molecule has 0 aliphatic carbocycles. The number of aryl methyl sites for hydroxylation is 1. The van der Waals surface area contributed by atoms with Crippen LogP contribution < -0.4 is 0 Å². The van der Waals surface area contributed by atoms with Gasteiger partial charge in [0.1, 0.15) is 5.75 Å². The zero-order valence-corrected chi connectivity index (χ0v) is 11.8. The molecule has 0 atom stereocenters. The van der Waals surface area contributed by atoms with E-state index in [4.69, 9.17) is 0 Å². The largest absolute Gasteiger partial charge is 0.507 e. The number of hydrogen-bond acceptors (Lipinski definition) is 1. The van der Waals surface area contributed by atoms with Gasteiger partial charge in [-0.2, -0.15) is 0 Å². The van der Waals surface area contributed by atoms with Crippen molar-refractivity contribution in [2.45, 2.75) is 41.5 Å². The molecule has 1 nitrogen and oxygen atoms in total. The van der Waals surface area contributed by atoms with Crippen molar-refractivity contribution in [3.63, 3.8) is 0 Å². The van der Waals surface area contributed by atoms with E-state index in [2.05, 4.69) is 6.07 Å². The Morgan fingerprint density at radius 1 is 0.882 bits per heavy atom. The van der Waals surface area contributed by atoms with E-state index in [1.54, 1.807) is 0 Å². The summed E-state index contributed by atoms with van der Waals surface area (Å²) in [7, 11) is 0. The van der Waals surface area contributed by atoms with Crippen LogP contribution in [0.5, 0.6) is 5.75 Å². The monoisotopic (exact) mass is 232 g/mol. The van der Waals surface area contributed by atoms with E-state index in [1.165, 1.54) is 0 Å². The fourth-order valence-corrected chi connectivity index (χ4v) is 1.57. The molecule has 0 saturated carbocycles. The molecular weight excluding hydrogens is 208 g/mol. The third-order valence-electron chi connectivity index (χ3n) is 2.53. The molecule has 0 aromatic heterocycles. The van der Waals surface area contributed by atoms with Gasteiger partial charge in [-0.25, -0.2) is 0 Å². The summed E-state index contributed by atoms with van der Waals surface area (Å²) in [5.41, 5.74) is 2.11. The van der Waals surface area contributed by atoms with Crippen molar-refractivity contribution < 1.29 is 5.11 Å². The highest BCUT2D eigenvalue weighted by atomic mass is 16.3. The molecule has 0 amide bonds. The van der Waals surface area contributed by atoms with E-state index < -0.39 is 0 Å². The van der Waals surface area contributed by atoms with Gasteiger partial charge in [0.2, 0.25) is 0 Å². The highest BCUT2D eigenvalue weighted by Crippen LogP contribution is 2.30. The predicted octanol–water partition coefficient (Wildman–Crippen LogP) is 5.21. The zero-order chi connectivity index (χ0) is 13.4. The third-order valence-corrected chi connectivity index (χ3v) is 2.53. The van der Waals surface area contributed by atoms with Crippen molar-refractivity contribution >= 4 is 10.8 Å². The van der Waals surface area contributed by atoms with Gasteiger partial charge in [0.05, 0.1) is 0 Å². The summed E-state index contributed by atoms with van der Waals surface area (Å²) in [5, 5.41) is 11.9. The molecule has 0 saturated heterocycles. The highest BCUT2D eigenvalue weighted by molar-refractivity contribution is 5.90. The Kier molecular flexibility index (Phi) is 7.04. The van der Waals surface area contributed by atoms with E-state index in [0.29, 0.717) is 5.75 Å². The van der Waals surface area contributed by atoms with E-state index in [0.717, 1.165) is 21.9 Å². The molecule has 1 heteroatoms. The molecule has 0 bridgehead atoms. The second kappa shape index (κ2) is 7.72. The first-order valence-corrected chi connectivity index (χ1v) is 6.38. The highest BCUT2D eigenvalue weighted by Gasteiger charge is 2.04. The number of phenolic OH excluding ortho intramolecular Hbond substituents is 1. The molecule has 0 aliphatic rings. The van der Waals surface area contributed by atoms with Crippen LogP contribution in [-0.2, 0) is 0 Å². The van der Waals surface area contributed by atoms with E-state index >= 15 is 0 Å². The molecule has 0 aliphatic heterocycles. The lowest BCUT2D eigenvalue weighted by Gasteiger charge is -2.07. The maximum atomic E-state index is 9.84. The van der Waals surface area contributed by atoms with Gasteiger partial charge < -0.3 is 5.11 Å². The van der Waals surface area contributed by atoms with Gasteiger partial charge in [-0.1, -0.05) is 58.0 Å². The first-order chi connectivity index (χ1) is 8.20. The molecule has 2 rings (SSSR count). The Morgan fingerprint density at radius 2 is 1.41 bits per heavy atom. The van der Waals surface area contributed by atoms with Crippen molar-refractivity contribution in [1.82, 2.24) is 0 Å². The molecule has 2 aromatic rings. The van der Waals surface area contributed by atoms with Crippen LogP contribution in [-0.4, -0.2) is 5.11 Å². The number of benzene rings is 2. The fraction of sp³-hybridized carbons (Fsp3) is 0.375. The minimum atomic E-state index is 0.413. The van der Waals surface area contributed by atoms with Crippen molar-refractivity contribution in [2.75, 3.05) is 0 Å². The number of aromatic hydroxyl groups is 1. The van der Waals surface area contributed by atoms with Gasteiger partial charge in [0.15, 0.2) is 0 Å². The van der Waals surface area contributed by atoms with Crippen LogP contribution in [0.3, 0.4) is 0 Å². The Balaban J connectivity index is 0.000000581.